The third-order valence-corrected chi connectivity index (χ3v) is 6.95. The third-order valence-electron chi connectivity index (χ3n) is 6.03. The number of nitrogens with two attached hydrogens (primary N) is 1. The number of carbonyl (C=O) groups excluding carboxylic acids is 2. The second kappa shape index (κ2) is 9.70. The lowest BCUT2D eigenvalue weighted by Crippen LogP contribution is -2.45. The first-order chi connectivity index (χ1) is 15.5. The van der Waals surface area contributed by atoms with Crippen LogP contribution in [-0.2, 0) is 9.59 Å². The summed E-state index contributed by atoms with van der Waals surface area (Å²) in [6.07, 6.45) is 2.24. The second-order valence-corrected chi connectivity index (χ2v) is 9.02. The highest BCUT2D eigenvalue weighted by Crippen LogP contribution is 2.38. The van der Waals surface area contributed by atoms with Crippen LogP contribution in [0.3, 0.4) is 0 Å². The van der Waals surface area contributed by atoms with E-state index in [0.29, 0.717) is 24.5 Å². The molecule has 2 N–H and O–H groups in total. The molecule has 1 aromatic carbocycles. The summed E-state index contributed by atoms with van der Waals surface area (Å²) < 4.78 is 10.8. The number of nitrogens with zero attached hydrogens (tertiary/aromatic N) is 3. The van der Waals surface area contributed by atoms with Crippen LogP contribution in [0.4, 0.5) is 0 Å². The molecule has 0 aliphatic carbocycles. The van der Waals surface area contributed by atoms with E-state index in [4.69, 9.17) is 20.3 Å². The molecule has 1 aromatic heterocycles. The van der Waals surface area contributed by atoms with Crippen molar-refractivity contribution in [1.29, 1.82) is 0 Å². The van der Waals surface area contributed by atoms with Crippen molar-refractivity contribution < 1.29 is 19.1 Å². The van der Waals surface area contributed by atoms with E-state index >= 15 is 0 Å². The molecular weight excluding hydrogens is 428 g/mol. The maximum Gasteiger partial charge on any atom is 0.257 e. The molecule has 1 saturated heterocycles. The van der Waals surface area contributed by atoms with Crippen LogP contribution in [-0.4, -0.2) is 61.3 Å². The molecule has 1 fully saturated rings. The van der Waals surface area contributed by atoms with Gasteiger partial charge in [0.2, 0.25) is 5.91 Å². The van der Waals surface area contributed by atoms with E-state index < -0.39 is 0 Å². The average molecular weight is 457 g/mol. The molecule has 9 heteroatoms. The molecule has 0 spiro atoms. The van der Waals surface area contributed by atoms with E-state index in [1.165, 1.54) is 0 Å². The predicted molar refractivity (Wildman–Crippen MR) is 123 cm³/mol. The molecule has 2 aliphatic heterocycles. The number of piperidine rings is 1. The van der Waals surface area contributed by atoms with Gasteiger partial charge >= 0.3 is 0 Å². The van der Waals surface area contributed by atoms with Crippen LogP contribution in [0.2, 0.25) is 0 Å². The van der Waals surface area contributed by atoms with E-state index in [1.54, 1.807) is 30.6 Å². The van der Waals surface area contributed by atoms with Crippen molar-refractivity contribution in [3.63, 3.8) is 0 Å². The molecule has 0 radical (unpaired) electrons. The standard InChI is InChI=1S/C23H28N4O4S/c1-30-19-8-7-15(11-20(19)31-2)18-12-17(21-6-4-10-32-21)25-27(18)22(28)14-26-9-3-5-16(13-26)23(24)29/h4,6-8,10-11,16,18H,3,5,9,12-14H2,1-2H3,(H2,24,29)/t16-,18-/m1/s1. The van der Waals surface area contributed by atoms with Crippen molar-refractivity contribution in [3.05, 3.63) is 46.2 Å². The Morgan fingerprint density at radius 3 is 2.72 bits per heavy atom. The fourth-order valence-corrected chi connectivity index (χ4v) is 5.07. The monoisotopic (exact) mass is 456 g/mol. The predicted octanol–water partition coefficient (Wildman–Crippen LogP) is 2.64. The minimum absolute atomic E-state index is 0.0959. The number of amides is 2. The average Bonchev–Trinajstić information content (AvgIpc) is 3.49. The number of hydrogen-bond acceptors (Lipinski definition) is 7. The first-order valence-electron chi connectivity index (χ1n) is 10.7. The van der Waals surface area contributed by atoms with Gasteiger partial charge in [-0.05, 0) is 48.5 Å². The largest absolute Gasteiger partial charge is 0.493 e. The Morgan fingerprint density at radius 1 is 1.22 bits per heavy atom. The smallest absolute Gasteiger partial charge is 0.257 e. The van der Waals surface area contributed by atoms with Crippen molar-refractivity contribution in [2.75, 3.05) is 33.9 Å². The van der Waals surface area contributed by atoms with Crippen LogP contribution in [0, 0.1) is 5.92 Å². The number of carbonyl (C=O) groups is 2. The molecule has 2 aliphatic rings. The van der Waals surface area contributed by atoms with Crippen molar-refractivity contribution in [3.8, 4) is 11.5 Å². The van der Waals surface area contributed by atoms with Crippen molar-refractivity contribution in [2.45, 2.75) is 25.3 Å². The number of ether oxygens (including phenoxy) is 2. The number of likely N-dealkylation sites (tertiary alicyclic amines) is 1. The highest BCUT2D eigenvalue weighted by atomic mass is 32.1. The first-order valence-corrected chi connectivity index (χ1v) is 11.5. The number of rotatable bonds is 7. The second-order valence-electron chi connectivity index (χ2n) is 8.07. The molecule has 4 rings (SSSR count). The van der Waals surface area contributed by atoms with Gasteiger partial charge in [-0.3, -0.25) is 14.5 Å². The summed E-state index contributed by atoms with van der Waals surface area (Å²) in [6, 6.07) is 9.46. The van der Waals surface area contributed by atoms with E-state index in [0.717, 1.165) is 35.5 Å². The Hall–Kier alpha value is -2.91. The Morgan fingerprint density at radius 2 is 2.03 bits per heavy atom. The maximum absolute atomic E-state index is 13.4. The van der Waals surface area contributed by atoms with E-state index in [9.17, 15) is 9.59 Å². The van der Waals surface area contributed by atoms with E-state index in [1.807, 2.05) is 40.6 Å². The Bertz CT molecular complexity index is 1010. The Kier molecular flexibility index (Phi) is 6.76. The van der Waals surface area contributed by atoms with Crippen LogP contribution in [0.5, 0.6) is 11.5 Å². The summed E-state index contributed by atoms with van der Waals surface area (Å²) in [4.78, 5) is 28.1. The molecule has 170 valence electrons. The number of benzene rings is 1. The van der Waals surface area contributed by atoms with Gasteiger partial charge in [-0.1, -0.05) is 12.1 Å². The fourth-order valence-electron chi connectivity index (χ4n) is 4.35. The summed E-state index contributed by atoms with van der Waals surface area (Å²) in [7, 11) is 3.19. The minimum Gasteiger partial charge on any atom is -0.493 e. The van der Waals surface area contributed by atoms with E-state index in [-0.39, 0.29) is 30.3 Å². The molecule has 3 heterocycles. The molecule has 2 atom stereocenters. The molecule has 0 unspecified atom stereocenters. The zero-order valence-corrected chi connectivity index (χ0v) is 19.1. The van der Waals surface area contributed by atoms with Gasteiger partial charge in [0.25, 0.3) is 5.91 Å². The normalized spacial score (nSPS) is 21.3. The number of hydrogen-bond donors (Lipinski definition) is 1. The topological polar surface area (TPSA) is 97.5 Å². The van der Waals surface area contributed by atoms with Gasteiger partial charge in [0.05, 0.1) is 43.3 Å². The highest BCUT2D eigenvalue weighted by Gasteiger charge is 2.35. The van der Waals surface area contributed by atoms with Crippen molar-refractivity contribution in [2.24, 2.45) is 16.8 Å². The van der Waals surface area contributed by atoms with Crippen LogP contribution in [0.15, 0.2) is 40.8 Å². The Balaban J connectivity index is 1.58. The van der Waals surface area contributed by atoms with Crippen LogP contribution >= 0.6 is 11.3 Å². The zero-order chi connectivity index (χ0) is 22.7. The van der Waals surface area contributed by atoms with Crippen LogP contribution in [0.25, 0.3) is 0 Å². The SMILES string of the molecule is COc1ccc([C@H]2CC(c3cccs3)=NN2C(=O)CN2CCC[C@@H](C(N)=O)C2)cc1OC. The molecule has 0 bridgehead atoms. The lowest BCUT2D eigenvalue weighted by atomic mass is 9.97. The summed E-state index contributed by atoms with van der Waals surface area (Å²) in [6.45, 7) is 1.48. The summed E-state index contributed by atoms with van der Waals surface area (Å²) in [5, 5.41) is 8.32. The summed E-state index contributed by atoms with van der Waals surface area (Å²) in [5.74, 6) is 0.646. The van der Waals surface area contributed by atoms with Gasteiger partial charge < -0.3 is 15.2 Å². The zero-order valence-electron chi connectivity index (χ0n) is 18.3. The maximum atomic E-state index is 13.4. The van der Waals surface area contributed by atoms with Crippen molar-refractivity contribution >= 4 is 28.9 Å². The first kappa shape index (κ1) is 22.3. The van der Waals surface area contributed by atoms with Crippen LogP contribution < -0.4 is 15.2 Å². The highest BCUT2D eigenvalue weighted by molar-refractivity contribution is 7.12. The minimum atomic E-state index is -0.301. The molecule has 32 heavy (non-hydrogen) atoms. The van der Waals surface area contributed by atoms with Gasteiger partial charge in [-0.2, -0.15) is 5.10 Å². The van der Waals surface area contributed by atoms with E-state index in [2.05, 4.69) is 0 Å². The number of primary amides is 1. The van der Waals surface area contributed by atoms with Gasteiger partial charge in [0.15, 0.2) is 11.5 Å². The quantitative estimate of drug-likeness (QED) is 0.691. The molecular formula is C23H28N4O4S. The molecule has 8 nitrogen and oxygen atoms in total. The number of thiophene rings is 1. The van der Waals surface area contributed by atoms with Crippen LogP contribution in [0.1, 0.15) is 35.7 Å². The fraction of sp³-hybridized carbons (Fsp3) is 0.435. The van der Waals surface area contributed by atoms with Gasteiger partial charge in [-0.15, -0.1) is 11.3 Å². The number of methoxy groups -OCH3 is 2. The molecule has 2 aromatic rings. The number of hydrazone groups is 1. The molecule has 2 amide bonds. The van der Waals surface area contributed by atoms with Gasteiger partial charge in [0.1, 0.15) is 0 Å². The lowest BCUT2D eigenvalue weighted by molar-refractivity contribution is -0.135. The molecule has 0 saturated carbocycles. The lowest BCUT2D eigenvalue weighted by Gasteiger charge is -2.32. The van der Waals surface area contributed by atoms with Gasteiger partial charge in [-0.25, -0.2) is 5.01 Å². The summed E-state index contributed by atoms with van der Waals surface area (Å²) in [5.41, 5.74) is 7.32. The van der Waals surface area contributed by atoms with Gasteiger partial charge in [0, 0.05) is 13.0 Å². The van der Waals surface area contributed by atoms with Crippen molar-refractivity contribution in [1.82, 2.24) is 9.91 Å². The third kappa shape index (κ3) is 4.63. The summed E-state index contributed by atoms with van der Waals surface area (Å²) >= 11 is 1.61. The Labute approximate surface area is 191 Å².